The summed E-state index contributed by atoms with van der Waals surface area (Å²) in [5.74, 6) is 0.490. The van der Waals surface area contributed by atoms with Gasteiger partial charge < -0.3 is 4.74 Å². The average molecular weight is 120 g/mol. The molecule has 9 heavy (non-hydrogen) atoms. The van der Waals surface area contributed by atoms with E-state index in [-0.39, 0.29) is 0 Å². The molecule has 0 aliphatic carbocycles. The SMILES string of the molecule is O=[C]Oc1cc[c]cc1. The Bertz CT molecular complexity index is 181. The van der Waals surface area contributed by atoms with E-state index in [9.17, 15) is 4.79 Å². The summed E-state index contributed by atoms with van der Waals surface area (Å²) < 4.78 is 4.38. The van der Waals surface area contributed by atoms with Gasteiger partial charge in [-0.05, 0) is 18.2 Å². The summed E-state index contributed by atoms with van der Waals surface area (Å²) in [7, 11) is 0. The quantitative estimate of drug-likeness (QED) is 0.580. The molecule has 0 amide bonds. The summed E-state index contributed by atoms with van der Waals surface area (Å²) in [4.78, 5) is 9.62. The van der Waals surface area contributed by atoms with Gasteiger partial charge >= 0.3 is 6.47 Å². The van der Waals surface area contributed by atoms with Crippen LogP contribution in [0.25, 0.3) is 0 Å². The zero-order valence-electron chi connectivity index (χ0n) is 4.63. The van der Waals surface area contributed by atoms with Crippen LogP contribution in [0.15, 0.2) is 24.3 Å². The monoisotopic (exact) mass is 120 g/mol. The van der Waals surface area contributed by atoms with Gasteiger partial charge in [-0.1, -0.05) is 12.1 Å². The molecule has 1 aromatic carbocycles. The Morgan fingerprint density at radius 3 is 2.67 bits per heavy atom. The van der Waals surface area contributed by atoms with Crippen molar-refractivity contribution in [2.45, 2.75) is 0 Å². The molecule has 2 radical (unpaired) electrons. The standard InChI is InChI=1S/C7H4O2/c8-6-9-7-4-2-1-3-5-7/h2-5H. The smallest absolute Gasteiger partial charge is 0.418 e. The summed E-state index contributed by atoms with van der Waals surface area (Å²) in [6.07, 6.45) is 0. The van der Waals surface area contributed by atoms with Crippen LogP contribution in [-0.4, -0.2) is 6.47 Å². The van der Waals surface area contributed by atoms with Gasteiger partial charge in [-0.25, -0.2) is 4.79 Å². The zero-order chi connectivity index (χ0) is 6.53. The Hall–Kier alpha value is -1.31. The minimum absolute atomic E-state index is 0.490. The average Bonchev–Trinajstić information content (AvgIpc) is 1.91. The second kappa shape index (κ2) is 2.87. The van der Waals surface area contributed by atoms with Crippen molar-refractivity contribution in [2.75, 3.05) is 0 Å². The van der Waals surface area contributed by atoms with Crippen LogP contribution in [0.2, 0.25) is 0 Å². The van der Waals surface area contributed by atoms with E-state index in [0.717, 1.165) is 0 Å². The van der Waals surface area contributed by atoms with E-state index in [1.54, 1.807) is 24.3 Å². The van der Waals surface area contributed by atoms with Crippen LogP contribution >= 0.6 is 0 Å². The van der Waals surface area contributed by atoms with E-state index in [0.29, 0.717) is 5.75 Å². The molecule has 0 heterocycles. The van der Waals surface area contributed by atoms with Gasteiger partial charge in [0.2, 0.25) is 0 Å². The number of hydrogen-bond donors (Lipinski definition) is 0. The number of ether oxygens (including phenoxy) is 1. The van der Waals surface area contributed by atoms with Crippen LogP contribution in [0.1, 0.15) is 0 Å². The van der Waals surface area contributed by atoms with Crippen molar-refractivity contribution in [3.8, 4) is 5.75 Å². The van der Waals surface area contributed by atoms with E-state index < -0.39 is 0 Å². The molecule has 0 bridgehead atoms. The Morgan fingerprint density at radius 1 is 1.44 bits per heavy atom. The van der Waals surface area contributed by atoms with Crippen molar-refractivity contribution >= 4 is 6.47 Å². The van der Waals surface area contributed by atoms with Gasteiger partial charge in [0.1, 0.15) is 5.75 Å². The number of rotatable bonds is 2. The van der Waals surface area contributed by atoms with Crippen molar-refractivity contribution in [3.63, 3.8) is 0 Å². The lowest BCUT2D eigenvalue weighted by Crippen LogP contribution is -1.85. The van der Waals surface area contributed by atoms with Gasteiger partial charge in [0.05, 0.1) is 0 Å². The topological polar surface area (TPSA) is 26.3 Å². The summed E-state index contributed by atoms with van der Waals surface area (Å²) >= 11 is 0. The fourth-order valence-electron chi connectivity index (χ4n) is 0.488. The van der Waals surface area contributed by atoms with Crippen molar-refractivity contribution in [3.05, 3.63) is 30.3 Å². The molecule has 0 N–H and O–H groups in total. The van der Waals surface area contributed by atoms with Crippen LogP contribution in [0.3, 0.4) is 0 Å². The maximum atomic E-state index is 9.62. The first-order valence-electron chi connectivity index (χ1n) is 2.43. The van der Waals surface area contributed by atoms with Gasteiger partial charge in [-0.2, -0.15) is 0 Å². The molecular formula is C7H4O2. The first-order chi connectivity index (χ1) is 4.43. The maximum absolute atomic E-state index is 9.62. The second-order valence-corrected chi connectivity index (χ2v) is 1.42. The van der Waals surface area contributed by atoms with Crippen molar-refractivity contribution in [2.24, 2.45) is 0 Å². The van der Waals surface area contributed by atoms with Crippen LogP contribution in [0.4, 0.5) is 0 Å². The van der Waals surface area contributed by atoms with Crippen molar-refractivity contribution in [1.82, 2.24) is 0 Å². The molecule has 0 atom stereocenters. The number of carbonyl (C=O) groups excluding carboxylic acids is 1. The van der Waals surface area contributed by atoms with E-state index >= 15 is 0 Å². The molecule has 44 valence electrons. The molecule has 0 saturated carbocycles. The minimum Gasteiger partial charge on any atom is -0.418 e. The minimum atomic E-state index is 0.490. The molecule has 1 rings (SSSR count). The van der Waals surface area contributed by atoms with E-state index in [2.05, 4.69) is 10.8 Å². The van der Waals surface area contributed by atoms with Gasteiger partial charge in [0, 0.05) is 0 Å². The van der Waals surface area contributed by atoms with Crippen LogP contribution in [0.5, 0.6) is 5.75 Å². The molecule has 0 fully saturated rings. The second-order valence-electron chi connectivity index (χ2n) is 1.42. The van der Waals surface area contributed by atoms with E-state index in [4.69, 9.17) is 0 Å². The highest BCUT2D eigenvalue weighted by Gasteiger charge is 1.86. The Kier molecular flexibility index (Phi) is 1.85. The summed E-state index contributed by atoms with van der Waals surface area (Å²) in [6.45, 7) is 1.32. The predicted octanol–water partition coefficient (Wildman–Crippen LogP) is 0.933. The van der Waals surface area contributed by atoms with Gasteiger partial charge in [-0.3, -0.25) is 0 Å². The highest BCUT2D eigenvalue weighted by Crippen LogP contribution is 2.05. The third kappa shape index (κ3) is 1.57. The molecule has 2 nitrogen and oxygen atoms in total. The molecule has 0 aliphatic heterocycles. The van der Waals surface area contributed by atoms with Crippen molar-refractivity contribution < 1.29 is 9.53 Å². The predicted molar refractivity (Wildman–Crippen MR) is 31.6 cm³/mol. The zero-order valence-corrected chi connectivity index (χ0v) is 4.63. The van der Waals surface area contributed by atoms with Gasteiger partial charge in [0.15, 0.2) is 0 Å². The highest BCUT2D eigenvalue weighted by molar-refractivity contribution is 5.45. The fourth-order valence-corrected chi connectivity index (χ4v) is 0.488. The van der Waals surface area contributed by atoms with Gasteiger partial charge in [-0.15, -0.1) is 0 Å². The Morgan fingerprint density at radius 2 is 2.11 bits per heavy atom. The maximum Gasteiger partial charge on any atom is 0.423 e. The third-order valence-electron chi connectivity index (χ3n) is 0.847. The highest BCUT2D eigenvalue weighted by atomic mass is 16.5. The molecule has 2 heteroatoms. The fraction of sp³-hybridized carbons (Fsp3) is 0. The molecule has 0 unspecified atom stereocenters. The molecular weight excluding hydrogens is 116 g/mol. The largest absolute Gasteiger partial charge is 0.423 e. The Labute approximate surface area is 53.1 Å². The van der Waals surface area contributed by atoms with E-state index in [1.165, 1.54) is 6.47 Å². The van der Waals surface area contributed by atoms with Crippen LogP contribution in [0, 0.1) is 6.07 Å². The lowest BCUT2D eigenvalue weighted by Gasteiger charge is -1.90. The lowest BCUT2D eigenvalue weighted by atomic mass is 10.3. The molecule has 0 aliphatic rings. The third-order valence-corrected chi connectivity index (χ3v) is 0.847. The molecule has 0 saturated heterocycles. The summed E-state index contributed by atoms with van der Waals surface area (Å²) in [6, 6.07) is 9.36. The number of benzene rings is 1. The molecule has 1 aromatic rings. The molecule has 0 aromatic heterocycles. The molecule has 0 spiro atoms. The Balaban J connectivity index is 2.72. The first kappa shape index (κ1) is 5.82. The normalized spacial score (nSPS) is 8.44. The van der Waals surface area contributed by atoms with E-state index in [1.807, 2.05) is 0 Å². The van der Waals surface area contributed by atoms with Crippen molar-refractivity contribution in [1.29, 1.82) is 0 Å². The van der Waals surface area contributed by atoms with Gasteiger partial charge in [0.25, 0.3) is 0 Å². The number of hydrogen-bond acceptors (Lipinski definition) is 2. The lowest BCUT2D eigenvalue weighted by molar-refractivity contribution is 0.443. The van der Waals surface area contributed by atoms with Crippen LogP contribution < -0.4 is 4.74 Å². The summed E-state index contributed by atoms with van der Waals surface area (Å²) in [5, 5.41) is 0. The first-order valence-corrected chi connectivity index (χ1v) is 2.43. The summed E-state index contributed by atoms with van der Waals surface area (Å²) in [5.41, 5.74) is 0. The van der Waals surface area contributed by atoms with Crippen LogP contribution in [-0.2, 0) is 4.79 Å².